The second kappa shape index (κ2) is 7.06. The number of hydrogen-bond donors (Lipinski definition) is 0. The van der Waals surface area contributed by atoms with Crippen LogP contribution in [-0.2, 0) is 0 Å². The van der Waals surface area contributed by atoms with Crippen molar-refractivity contribution in [3.63, 3.8) is 0 Å². The van der Waals surface area contributed by atoms with Crippen molar-refractivity contribution in [2.24, 2.45) is 0 Å². The molecule has 0 aliphatic carbocycles. The molecule has 0 amide bonds. The van der Waals surface area contributed by atoms with Crippen molar-refractivity contribution in [1.82, 2.24) is 20.2 Å². The number of carbonyl (C=O) groups excluding carboxylic acids is 1. The summed E-state index contributed by atoms with van der Waals surface area (Å²) in [5.74, 6) is 0.328. The van der Waals surface area contributed by atoms with E-state index in [1.165, 1.54) is 17.3 Å². The number of nitrogens with zero attached hydrogens (tertiary/aromatic N) is 4. The minimum Gasteiger partial charge on any atom is -0.293 e. The van der Waals surface area contributed by atoms with Gasteiger partial charge in [0.15, 0.2) is 5.78 Å². The Bertz CT molecular complexity index is 815. The number of carbonyl (C=O) groups is 1. The highest BCUT2D eigenvalue weighted by molar-refractivity contribution is 9.10. The zero-order valence-electron chi connectivity index (χ0n) is 12.3. The van der Waals surface area contributed by atoms with E-state index in [0.29, 0.717) is 10.7 Å². The Morgan fingerprint density at radius 3 is 2.52 bits per heavy atom. The highest BCUT2D eigenvalue weighted by Gasteiger charge is 2.12. The maximum absolute atomic E-state index is 12.2. The lowest BCUT2D eigenvalue weighted by molar-refractivity contribution is 0.102. The zero-order chi connectivity index (χ0) is 16.2. The molecular formula is C16H13BrN4OS. The quantitative estimate of drug-likeness (QED) is 0.492. The van der Waals surface area contributed by atoms with Crippen molar-refractivity contribution in [1.29, 1.82) is 0 Å². The van der Waals surface area contributed by atoms with Crippen LogP contribution in [0.25, 0.3) is 5.69 Å². The summed E-state index contributed by atoms with van der Waals surface area (Å²) in [5.41, 5.74) is 2.72. The second-order valence-electron chi connectivity index (χ2n) is 4.93. The Kier molecular flexibility index (Phi) is 4.88. The lowest BCUT2D eigenvalue weighted by Gasteiger charge is -2.04. The first kappa shape index (κ1) is 15.9. The summed E-state index contributed by atoms with van der Waals surface area (Å²) >= 11 is 4.68. The second-order valence-corrected chi connectivity index (χ2v) is 6.79. The molecule has 0 aliphatic heterocycles. The van der Waals surface area contributed by atoms with Crippen LogP contribution in [0, 0.1) is 6.92 Å². The van der Waals surface area contributed by atoms with Crippen LogP contribution in [0.3, 0.4) is 0 Å². The number of aryl methyl sites for hydroxylation is 1. The smallest absolute Gasteiger partial charge is 0.214 e. The maximum atomic E-state index is 12.2. The fraction of sp³-hybridized carbons (Fsp3) is 0.125. The lowest BCUT2D eigenvalue weighted by Crippen LogP contribution is -2.05. The maximum Gasteiger partial charge on any atom is 0.214 e. The Balaban J connectivity index is 1.72. The normalized spacial score (nSPS) is 10.7. The van der Waals surface area contributed by atoms with Crippen molar-refractivity contribution < 1.29 is 4.79 Å². The summed E-state index contributed by atoms with van der Waals surface area (Å²) < 4.78 is 2.59. The molecular weight excluding hydrogens is 376 g/mol. The molecule has 0 N–H and O–H groups in total. The Morgan fingerprint density at radius 2 is 1.83 bits per heavy atom. The monoisotopic (exact) mass is 388 g/mol. The summed E-state index contributed by atoms with van der Waals surface area (Å²) in [7, 11) is 0. The molecule has 1 aromatic heterocycles. The summed E-state index contributed by atoms with van der Waals surface area (Å²) in [6, 6.07) is 15.2. The van der Waals surface area contributed by atoms with E-state index >= 15 is 0 Å². The van der Waals surface area contributed by atoms with Gasteiger partial charge in [-0.25, -0.2) is 0 Å². The van der Waals surface area contributed by atoms with E-state index in [4.69, 9.17) is 0 Å². The third-order valence-electron chi connectivity index (χ3n) is 3.22. The van der Waals surface area contributed by atoms with Gasteiger partial charge in [0.25, 0.3) is 0 Å². The van der Waals surface area contributed by atoms with E-state index in [9.17, 15) is 4.79 Å². The van der Waals surface area contributed by atoms with Crippen LogP contribution >= 0.6 is 27.7 Å². The minimum absolute atomic E-state index is 0.0426. The molecule has 23 heavy (non-hydrogen) atoms. The predicted octanol–water partition coefficient (Wildman–Crippen LogP) is 3.71. The molecule has 0 fully saturated rings. The van der Waals surface area contributed by atoms with Gasteiger partial charge in [-0.3, -0.25) is 4.79 Å². The first-order chi connectivity index (χ1) is 11.1. The first-order valence-corrected chi connectivity index (χ1v) is 8.68. The molecule has 5 nitrogen and oxygen atoms in total. The van der Waals surface area contributed by atoms with E-state index in [1.807, 2.05) is 43.3 Å². The Hall–Kier alpha value is -1.99. The van der Waals surface area contributed by atoms with Crippen LogP contribution in [0.15, 0.2) is 58.2 Å². The number of ketones is 1. The van der Waals surface area contributed by atoms with Crippen molar-refractivity contribution in [3.8, 4) is 5.69 Å². The van der Waals surface area contributed by atoms with E-state index in [-0.39, 0.29) is 11.5 Å². The standard InChI is InChI=1S/C16H13BrN4OS/c1-11-2-8-14(9-3-11)21-16(18-19-20-21)23-10-15(22)12-4-6-13(17)7-5-12/h2-9H,10H2,1H3. The molecule has 2 aromatic carbocycles. The minimum atomic E-state index is 0.0426. The average molecular weight is 389 g/mol. The van der Waals surface area contributed by atoms with Crippen molar-refractivity contribution in [2.45, 2.75) is 12.1 Å². The van der Waals surface area contributed by atoms with Crippen molar-refractivity contribution in [3.05, 3.63) is 64.1 Å². The van der Waals surface area contributed by atoms with Gasteiger partial charge in [-0.1, -0.05) is 57.5 Å². The van der Waals surface area contributed by atoms with E-state index in [2.05, 4.69) is 31.5 Å². The van der Waals surface area contributed by atoms with Gasteiger partial charge in [0.1, 0.15) is 0 Å². The summed E-state index contributed by atoms with van der Waals surface area (Å²) in [6.45, 7) is 2.02. The van der Waals surface area contributed by atoms with Crippen LogP contribution in [0.1, 0.15) is 15.9 Å². The Morgan fingerprint density at radius 1 is 1.13 bits per heavy atom. The van der Waals surface area contributed by atoms with Crippen LogP contribution in [-0.4, -0.2) is 31.7 Å². The molecule has 7 heteroatoms. The van der Waals surface area contributed by atoms with Crippen LogP contribution in [0.2, 0.25) is 0 Å². The number of Topliss-reactive ketones (excluding diaryl/α,β-unsaturated/α-hetero) is 1. The molecule has 0 unspecified atom stereocenters. The number of benzene rings is 2. The molecule has 0 atom stereocenters. The summed E-state index contributed by atoms with van der Waals surface area (Å²) in [6.07, 6.45) is 0. The highest BCUT2D eigenvalue weighted by atomic mass is 79.9. The summed E-state index contributed by atoms with van der Waals surface area (Å²) in [4.78, 5) is 12.2. The SMILES string of the molecule is Cc1ccc(-n2nnnc2SCC(=O)c2ccc(Br)cc2)cc1. The van der Waals surface area contributed by atoms with Gasteiger partial charge in [0, 0.05) is 10.0 Å². The number of rotatable bonds is 5. The van der Waals surface area contributed by atoms with E-state index < -0.39 is 0 Å². The van der Waals surface area contributed by atoms with Crippen molar-refractivity contribution in [2.75, 3.05) is 5.75 Å². The molecule has 116 valence electrons. The van der Waals surface area contributed by atoms with Gasteiger partial charge in [-0.15, -0.1) is 5.10 Å². The number of tetrazole rings is 1. The zero-order valence-corrected chi connectivity index (χ0v) is 14.7. The number of hydrogen-bond acceptors (Lipinski definition) is 5. The molecule has 0 saturated carbocycles. The lowest BCUT2D eigenvalue weighted by atomic mass is 10.2. The van der Waals surface area contributed by atoms with Gasteiger partial charge >= 0.3 is 0 Å². The van der Waals surface area contributed by atoms with Crippen LogP contribution < -0.4 is 0 Å². The molecule has 0 saturated heterocycles. The van der Waals surface area contributed by atoms with Crippen LogP contribution in [0.4, 0.5) is 0 Å². The van der Waals surface area contributed by atoms with E-state index in [0.717, 1.165) is 10.2 Å². The predicted molar refractivity (Wildman–Crippen MR) is 93.1 cm³/mol. The molecule has 1 heterocycles. The largest absolute Gasteiger partial charge is 0.293 e. The van der Waals surface area contributed by atoms with Gasteiger partial charge in [0.05, 0.1) is 11.4 Å². The van der Waals surface area contributed by atoms with E-state index in [1.54, 1.807) is 16.8 Å². The third-order valence-corrected chi connectivity index (χ3v) is 4.67. The Labute approximate surface area is 146 Å². The topological polar surface area (TPSA) is 60.7 Å². The first-order valence-electron chi connectivity index (χ1n) is 6.90. The average Bonchev–Trinajstić information content (AvgIpc) is 3.02. The molecule has 0 bridgehead atoms. The fourth-order valence-corrected chi connectivity index (χ4v) is 3.02. The molecule has 0 radical (unpaired) electrons. The van der Waals surface area contributed by atoms with Gasteiger partial charge in [0.2, 0.25) is 5.16 Å². The fourth-order valence-electron chi connectivity index (χ4n) is 1.97. The molecule has 0 aliphatic rings. The molecule has 0 spiro atoms. The molecule has 3 aromatic rings. The van der Waals surface area contributed by atoms with Crippen molar-refractivity contribution >= 4 is 33.5 Å². The third kappa shape index (κ3) is 3.86. The number of thioether (sulfide) groups is 1. The van der Waals surface area contributed by atoms with Gasteiger partial charge < -0.3 is 0 Å². The highest BCUT2D eigenvalue weighted by Crippen LogP contribution is 2.20. The number of aromatic nitrogens is 4. The van der Waals surface area contributed by atoms with Crippen LogP contribution in [0.5, 0.6) is 0 Å². The molecule has 3 rings (SSSR count). The number of halogens is 1. The van der Waals surface area contributed by atoms with Gasteiger partial charge in [-0.2, -0.15) is 4.68 Å². The summed E-state index contributed by atoms with van der Waals surface area (Å²) in [5, 5.41) is 12.3. The van der Waals surface area contributed by atoms with Gasteiger partial charge in [-0.05, 0) is 41.6 Å².